The summed E-state index contributed by atoms with van der Waals surface area (Å²) in [5, 5.41) is 0. The molecule has 0 fully saturated rings. The zero-order chi connectivity index (χ0) is 38.4. The van der Waals surface area contributed by atoms with Gasteiger partial charge in [-0.2, -0.15) is 4.98 Å². The van der Waals surface area contributed by atoms with Crippen molar-refractivity contribution in [2.75, 3.05) is 0 Å². The molecule has 272 valence electrons. The first-order chi connectivity index (χ1) is 28.8. The Morgan fingerprint density at radius 2 is 0.690 bits per heavy atom. The molecule has 0 aliphatic carbocycles. The van der Waals surface area contributed by atoms with Crippen molar-refractivity contribution in [1.29, 1.82) is 0 Å². The van der Waals surface area contributed by atoms with E-state index in [9.17, 15) is 0 Å². The molecule has 0 amide bonds. The molecule has 0 aliphatic rings. The van der Waals surface area contributed by atoms with Crippen LogP contribution in [0.15, 0.2) is 207 Å². The van der Waals surface area contributed by atoms with Gasteiger partial charge in [-0.15, -0.1) is 0 Å². The van der Waals surface area contributed by atoms with E-state index in [2.05, 4.69) is 185 Å². The molecule has 0 aliphatic heterocycles. The molecule has 0 spiro atoms. The minimum absolute atomic E-state index is 0.485. The highest BCUT2D eigenvalue weighted by molar-refractivity contribution is 6.14. The average Bonchev–Trinajstić information content (AvgIpc) is 3.84. The van der Waals surface area contributed by atoms with Crippen LogP contribution in [-0.2, 0) is 0 Å². The molecular weight excluding hydrogens is 709 g/mol. The Morgan fingerprint density at radius 1 is 0.310 bits per heavy atom. The molecule has 8 aromatic carbocycles. The van der Waals surface area contributed by atoms with Gasteiger partial charge in [-0.05, 0) is 68.8 Å². The second-order valence-corrected chi connectivity index (χ2v) is 14.2. The molecule has 58 heavy (non-hydrogen) atoms. The van der Waals surface area contributed by atoms with Gasteiger partial charge in [0.25, 0.3) is 0 Å². The average molecular weight is 743 g/mol. The standard InChI is InChI=1S/C52H34N6/c1-6-20-35(21-7-1)44-45(36-22-8-2-9-23-36)47(38-26-12-4-13-27-38)49(48(39-28-14-5-15-29-39)46(44)37-24-10-3-11-25-37)50-53-34-54-51(56-50)58-43-33-19-18-32-42(43)57-41-31-17-16-30-40(41)55-52(57)58/h1-34H. The van der Waals surface area contributed by atoms with E-state index in [0.717, 1.165) is 89.0 Å². The molecule has 3 heterocycles. The van der Waals surface area contributed by atoms with Gasteiger partial charge in [0.2, 0.25) is 11.7 Å². The van der Waals surface area contributed by atoms with Crippen molar-refractivity contribution in [2.24, 2.45) is 0 Å². The van der Waals surface area contributed by atoms with Crippen LogP contribution in [0.2, 0.25) is 0 Å². The number of fused-ring (bicyclic) bond motifs is 5. The van der Waals surface area contributed by atoms with E-state index in [4.69, 9.17) is 19.9 Å². The Labute approximate surface area is 335 Å². The second kappa shape index (κ2) is 14.0. The third-order valence-electron chi connectivity index (χ3n) is 10.9. The first-order valence-corrected chi connectivity index (χ1v) is 19.4. The lowest BCUT2D eigenvalue weighted by atomic mass is 9.75. The van der Waals surface area contributed by atoms with Gasteiger partial charge in [0, 0.05) is 16.7 Å². The first-order valence-electron chi connectivity index (χ1n) is 19.4. The fraction of sp³-hybridized carbons (Fsp3) is 0. The maximum absolute atomic E-state index is 5.49. The van der Waals surface area contributed by atoms with E-state index >= 15 is 0 Å². The highest BCUT2D eigenvalue weighted by atomic mass is 15.3. The van der Waals surface area contributed by atoms with Crippen molar-refractivity contribution < 1.29 is 0 Å². The van der Waals surface area contributed by atoms with Crippen molar-refractivity contribution in [3.63, 3.8) is 0 Å². The molecule has 0 saturated carbocycles. The van der Waals surface area contributed by atoms with Gasteiger partial charge in [-0.25, -0.2) is 19.5 Å². The zero-order valence-corrected chi connectivity index (χ0v) is 31.3. The summed E-state index contributed by atoms with van der Waals surface area (Å²) < 4.78 is 4.24. The third kappa shape index (κ3) is 5.42. The van der Waals surface area contributed by atoms with Crippen LogP contribution in [0.1, 0.15) is 0 Å². The monoisotopic (exact) mass is 742 g/mol. The molecule has 0 unspecified atom stereocenters. The Hall–Kier alpha value is -7.96. The minimum atomic E-state index is 0.485. The van der Waals surface area contributed by atoms with E-state index in [1.807, 2.05) is 24.3 Å². The summed E-state index contributed by atoms with van der Waals surface area (Å²) in [5.41, 5.74) is 15.6. The van der Waals surface area contributed by atoms with Crippen LogP contribution in [0, 0.1) is 0 Å². The van der Waals surface area contributed by atoms with E-state index in [-0.39, 0.29) is 0 Å². The SMILES string of the molecule is c1ccc(-c2c(-c3ccccc3)c(-c3ccccc3)c(-c3ncnc(-n4c5ccccc5n5c6ccccc6nc45)n3)c(-c3ccccc3)c2-c2ccccc2)cc1. The van der Waals surface area contributed by atoms with Crippen LogP contribution in [0.25, 0.3) is 101 Å². The Kier molecular flexibility index (Phi) is 8.04. The van der Waals surface area contributed by atoms with E-state index in [0.29, 0.717) is 11.8 Å². The molecule has 0 bridgehead atoms. The number of benzene rings is 8. The Bertz CT molecular complexity index is 3140. The lowest BCUT2D eigenvalue weighted by Gasteiger charge is -2.28. The molecule has 11 aromatic rings. The van der Waals surface area contributed by atoms with Gasteiger partial charge in [0.1, 0.15) is 6.33 Å². The van der Waals surface area contributed by atoms with Crippen molar-refractivity contribution in [1.82, 2.24) is 28.9 Å². The fourth-order valence-corrected chi connectivity index (χ4v) is 8.50. The fourth-order valence-electron chi connectivity index (χ4n) is 8.50. The van der Waals surface area contributed by atoms with Gasteiger partial charge in [-0.3, -0.25) is 4.40 Å². The smallest absolute Gasteiger partial charge is 0.240 e. The lowest BCUT2D eigenvalue weighted by Crippen LogP contribution is -2.07. The van der Waals surface area contributed by atoms with Crippen LogP contribution in [0.4, 0.5) is 0 Å². The Balaban J connectivity index is 1.34. The summed E-state index contributed by atoms with van der Waals surface area (Å²) in [6.07, 6.45) is 1.64. The highest BCUT2D eigenvalue weighted by Gasteiger charge is 2.30. The highest BCUT2D eigenvalue weighted by Crippen LogP contribution is 2.55. The summed E-state index contributed by atoms with van der Waals surface area (Å²) in [7, 11) is 0. The lowest BCUT2D eigenvalue weighted by molar-refractivity contribution is 0.931. The zero-order valence-electron chi connectivity index (χ0n) is 31.3. The van der Waals surface area contributed by atoms with Gasteiger partial charge < -0.3 is 0 Å². The van der Waals surface area contributed by atoms with Gasteiger partial charge in [0.05, 0.1) is 22.1 Å². The summed E-state index contributed by atoms with van der Waals surface area (Å²) in [6.45, 7) is 0. The van der Waals surface area contributed by atoms with E-state index in [1.54, 1.807) is 6.33 Å². The molecule has 3 aromatic heterocycles. The number of hydrogen-bond donors (Lipinski definition) is 0. The molecule has 6 nitrogen and oxygen atoms in total. The number of aromatic nitrogens is 6. The van der Waals surface area contributed by atoms with Gasteiger partial charge in [-0.1, -0.05) is 176 Å². The number of hydrogen-bond acceptors (Lipinski definition) is 4. The van der Waals surface area contributed by atoms with Crippen LogP contribution >= 0.6 is 0 Å². The van der Waals surface area contributed by atoms with E-state index < -0.39 is 0 Å². The molecule has 0 radical (unpaired) electrons. The van der Waals surface area contributed by atoms with Gasteiger partial charge in [0.15, 0.2) is 5.82 Å². The second-order valence-electron chi connectivity index (χ2n) is 14.2. The van der Waals surface area contributed by atoms with Crippen LogP contribution in [-0.4, -0.2) is 28.9 Å². The molecule has 11 rings (SSSR count). The summed E-state index contributed by atoms with van der Waals surface area (Å²) in [6, 6.07) is 70.1. The molecule has 0 atom stereocenters. The topological polar surface area (TPSA) is 60.9 Å². The van der Waals surface area contributed by atoms with Crippen LogP contribution in [0.5, 0.6) is 0 Å². The summed E-state index contributed by atoms with van der Waals surface area (Å²) in [5.74, 6) is 1.78. The number of nitrogens with zero attached hydrogens (tertiary/aromatic N) is 6. The Morgan fingerprint density at radius 3 is 1.16 bits per heavy atom. The molecular formula is C52H34N6. The van der Waals surface area contributed by atoms with Crippen molar-refractivity contribution in [2.45, 2.75) is 0 Å². The quantitative estimate of drug-likeness (QED) is 0.163. The first kappa shape index (κ1) is 33.4. The third-order valence-corrected chi connectivity index (χ3v) is 10.9. The predicted molar refractivity (Wildman–Crippen MR) is 236 cm³/mol. The molecule has 0 N–H and O–H groups in total. The molecule has 0 saturated heterocycles. The number of imidazole rings is 2. The maximum atomic E-state index is 5.49. The number of para-hydroxylation sites is 4. The summed E-state index contributed by atoms with van der Waals surface area (Å²) in [4.78, 5) is 20.6. The van der Waals surface area contributed by atoms with Gasteiger partial charge >= 0.3 is 0 Å². The normalized spacial score (nSPS) is 11.4. The maximum Gasteiger partial charge on any atom is 0.240 e. The van der Waals surface area contributed by atoms with Crippen molar-refractivity contribution in [3.05, 3.63) is 207 Å². The molecule has 6 heteroatoms. The summed E-state index contributed by atoms with van der Waals surface area (Å²) >= 11 is 0. The predicted octanol–water partition coefficient (Wildman–Crippen LogP) is 12.6. The number of rotatable bonds is 7. The van der Waals surface area contributed by atoms with E-state index in [1.165, 1.54) is 0 Å². The largest absolute Gasteiger partial charge is 0.276 e. The minimum Gasteiger partial charge on any atom is -0.276 e. The van der Waals surface area contributed by atoms with Crippen molar-refractivity contribution >= 4 is 27.8 Å². The van der Waals surface area contributed by atoms with Crippen LogP contribution in [0.3, 0.4) is 0 Å². The van der Waals surface area contributed by atoms with Crippen LogP contribution < -0.4 is 0 Å². The van der Waals surface area contributed by atoms with Crippen molar-refractivity contribution in [3.8, 4) is 73.0 Å².